The number of nitrogens with two attached hydrogens (primary N) is 1. The molecule has 0 bridgehead atoms. The molecule has 2 heterocycles. The lowest BCUT2D eigenvalue weighted by Crippen LogP contribution is -2.41. The minimum atomic E-state index is -0.260. The number of aromatic nitrogens is 1. The number of hydrogen-bond donors (Lipinski definition) is 1. The second-order valence-electron chi connectivity index (χ2n) is 6.42. The van der Waals surface area contributed by atoms with Crippen LogP contribution >= 0.6 is 0 Å². The van der Waals surface area contributed by atoms with Crippen molar-refractivity contribution in [1.29, 1.82) is 0 Å². The Morgan fingerprint density at radius 1 is 1.08 bits per heavy atom. The lowest BCUT2D eigenvalue weighted by atomic mass is 9.96. The van der Waals surface area contributed by atoms with E-state index in [4.69, 9.17) is 5.73 Å². The van der Waals surface area contributed by atoms with Crippen LogP contribution in [0, 0.1) is 19.8 Å². The number of benzene rings is 1. The summed E-state index contributed by atoms with van der Waals surface area (Å²) in [4.78, 5) is 26.0. The highest BCUT2D eigenvalue weighted by atomic mass is 16.2. The number of nitrogens with zero attached hydrogens (tertiary/aromatic N) is 2. The molecule has 126 valence electrons. The van der Waals surface area contributed by atoms with E-state index in [1.165, 1.54) is 0 Å². The summed E-state index contributed by atoms with van der Waals surface area (Å²) in [6.45, 7) is 5.16. The maximum Gasteiger partial charge on any atom is 0.255 e. The van der Waals surface area contributed by atoms with Gasteiger partial charge in [-0.15, -0.1) is 0 Å². The molecule has 2 aromatic rings. The molecule has 1 aromatic carbocycles. The second-order valence-corrected chi connectivity index (χ2v) is 6.42. The van der Waals surface area contributed by atoms with E-state index in [9.17, 15) is 9.59 Å². The predicted octanol–water partition coefficient (Wildman–Crippen LogP) is 2.43. The van der Waals surface area contributed by atoms with Crippen LogP contribution in [-0.2, 0) is 4.79 Å². The molecule has 0 aliphatic carbocycles. The van der Waals surface area contributed by atoms with Gasteiger partial charge >= 0.3 is 0 Å². The fourth-order valence-electron chi connectivity index (χ4n) is 3.49. The first kappa shape index (κ1) is 16.3. The highest BCUT2D eigenvalue weighted by Crippen LogP contribution is 2.24. The molecule has 1 aliphatic rings. The first-order valence-corrected chi connectivity index (χ1v) is 8.32. The third kappa shape index (κ3) is 2.94. The number of hydrogen-bond acceptors (Lipinski definition) is 2. The van der Waals surface area contributed by atoms with Crippen molar-refractivity contribution in [3.8, 4) is 5.69 Å². The Labute approximate surface area is 142 Å². The molecule has 2 amide bonds. The van der Waals surface area contributed by atoms with Crippen molar-refractivity contribution in [2.45, 2.75) is 26.7 Å². The number of carbonyl (C=O) groups excluding carboxylic acids is 2. The Balaban J connectivity index is 1.83. The molecule has 0 radical (unpaired) electrons. The van der Waals surface area contributed by atoms with Crippen LogP contribution in [0.1, 0.15) is 34.6 Å². The second kappa shape index (κ2) is 6.51. The van der Waals surface area contributed by atoms with Gasteiger partial charge in [-0.05, 0) is 44.9 Å². The highest BCUT2D eigenvalue weighted by molar-refractivity contribution is 5.96. The largest absolute Gasteiger partial charge is 0.369 e. The van der Waals surface area contributed by atoms with Crippen LogP contribution in [0.25, 0.3) is 5.69 Å². The van der Waals surface area contributed by atoms with Crippen molar-refractivity contribution >= 4 is 11.8 Å². The molecule has 1 aromatic heterocycles. The van der Waals surface area contributed by atoms with Gasteiger partial charge in [-0.1, -0.05) is 18.2 Å². The first-order chi connectivity index (χ1) is 11.5. The van der Waals surface area contributed by atoms with Crippen molar-refractivity contribution in [3.63, 3.8) is 0 Å². The van der Waals surface area contributed by atoms with Gasteiger partial charge in [-0.3, -0.25) is 9.59 Å². The summed E-state index contributed by atoms with van der Waals surface area (Å²) in [6.07, 6.45) is 1.30. The van der Waals surface area contributed by atoms with E-state index in [-0.39, 0.29) is 17.7 Å². The number of primary amides is 1. The third-order valence-electron chi connectivity index (χ3n) is 4.86. The van der Waals surface area contributed by atoms with Gasteiger partial charge in [0.15, 0.2) is 0 Å². The fourth-order valence-corrected chi connectivity index (χ4v) is 3.49. The average Bonchev–Trinajstić information content (AvgIpc) is 2.89. The molecule has 0 atom stereocenters. The Morgan fingerprint density at radius 3 is 2.29 bits per heavy atom. The van der Waals surface area contributed by atoms with E-state index < -0.39 is 0 Å². The fraction of sp³-hybridized carbons (Fsp3) is 0.368. The van der Waals surface area contributed by atoms with Crippen LogP contribution < -0.4 is 5.73 Å². The van der Waals surface area contributed by atoms with Crippen LogP contribution in [-0.4, -0.2) is 34.4 Å². The van der Waals surface area contributed by atoms with Gasteiger partial charge in [0.2, 0.25) is 5.91 Å². The van der Waals surface area contributed by atoms with Crippen LogP contribution in [0.5, 0.6) is 0 Å². The van der Waals surface area contributed by atoms with E-state index in [1.54, 1.807) is 0 Å². The van der Waals surface area contributed by atoms with Crippen LogP contribution in [0.2, 0.25) is 0 Å². The van der Waals surface area contributed by atoms with Crippen LogP contribution in [0.15, 0.2) is 36.4 Å². The molecule has 0 saturated carbocycles. The normalized spacial score (nSPS) is 15.5. The maximum atomic E-state index is 12.9. The molecule has 5 nitrogen and oxygen atoms in total. The molecular formula is C19H23N3O2. The SMILES string of the molecule is Cc1cc(C(=O)N2CCC(C(N)=O)CC2)c(C)n1-c1ccccc1. The Morgan fingerprint density at radius 2 is 1.71 bits per heavy atom. The van der Waals surface area contributed by atoms with Crippen molar-refractivity contribution in [1.82, 2.24) is 9.47 Å². The highest BCUT2D eigenvalue weighted by Gasteiger charge is 2.28. The summed E-state index contributed by atoms with van der Waals surface area (Å²) in [7, 11) is 0. The molecule has 0 spiro atoms. The zero-order valence-electron chi connectivity index (χ0n) is 14.2. The number of para-hydroxylation sites is 1. The lowest BCUT2D eigenvalue weighted by Gasteiger charge is -2.30. The molecule has 1 fully saturated rings. The summed E-state index contributed by atoms with van der Waals surface area (Å²) in [6, 6.07) is 12.0. The standard InChI is InChI=1S/C19H23N3O2/c1-13-12-17(14(2)22(13)16-6-4-3-5-7-16)19(24)21-10-8-15(9-11-21)18(20)23/h3-7,12,15H,8-11H2,1-2H3,(H2,20,23). The minimum Gasteiger partial charge on any atom is -0.369 e. The number of likely N-dealkylation sites (tertiary alicyclic amines) is 1. The molecular weight excluding hydrogens is 302 g/mol. The van der Waals surface area contributed by atoms with Gasteiger partial charge in [-0.25, -0.2) is 0 Å². The number of rotatable bonds is 3. The zero-order chi connectivity index (χ0) is 17.3. The van der Waals surface area contributed by atoms with Crippen LogP contribution in [0.3, 0.4) is 0 Å². The Kier molecular flexibility index (Phi) is 4.42. The van der Waals surface area contributed by atoms with Gasteiger partial charge in [-0.2, -0.15) is 0 Å². The number of piperidine rings is 1. The lowest BCUT2D eigenvalue weighted by molar-refractivity contribution is -0.123. The van der Waals surface area contributed by atoms with Crippen molar-refractivity contribution in [2.24, 2.45) is 11.7 Å². The molecule has 3 rings (SSSR count). The Bertz CT molecular complexity index is 756. The van der Waals surface area contributed by atoms with E-state index in [0.29, 0.717) is 25.9 Å². The molecule has 5 heteroatoms. The third-order valence-corrected chi connectivity index (χ3v) is 4.86. The molecule has 1 aliphatic heterocycles. The topological polar surface area (TPSA) is 68.3 Å². The van der Waals surface area contributed by atoms with E-state index in [2.05, 4.69) is 4.57 Å². The molecule has 0 unspecified atom stereocenters. The number of aryl methyl sites for hydroxylation is 1. The summed E-state index contributed by atoms with van der Waals surface area (Å²) in [5, 5.41) is 0. The van der Waals surface area contributed by atoms with Crippen molar-refractivity contribution in [2.75, 3.05) is 13.1 Å². The minimum absolute atomic E-state index is 0.0354. The molecule has 24 heavy (non-hydrogen) atoms. The van der Waals surface area contributed by atoms with Gasteiger partial charge < -0.3 is 15.2 Å². The smallest absolute Gasteiger partial charge is 0.255 e. The summed E-state index contributed by atoms with van der Waals surface area (Å²) >= 11 is 0. The van der Waals surface area contributed by atoms with E-state index in [1.807, 2.05) is 55.1 Å². The first-order valence-electron chi connectivity index (χ1n) is 8.32. The van der Waals surface area contributed by atoms with Crippen molar-refractivity contribution < 1.29 is 9.59 Å². The quantitative estimate of drug-likeness (QED) is 0.941. The number of carbonyl (C=O) groups is 2. The average molecular weight is 325 g/mol. The Hall–Kier alpha value is -2.56. The summed E-state index contributed by atoms with van der Waals surface area (Å²) < 4.78 is 2.10. The van der Waals surface area contributed by atoms with Gasteiger partial charge in [0.1, 0.15) is 0 Å². The van der Waals surface area contributed by atoms with Gasteiger partial charge in [0.05, 0.1) is 5.56 Å². The predicted molar refractivity (Wildman–Crippen MR) is 93.1 cm³/mol. The van der Waals surface area contributed by atoms with Gasteiger partial charge in [0, 0.05) is 36.1 Å². The summed E-state index contributed by atoms with van der Waals surface area (Å²) in [5.74, 6) is -0.330. The summed E-state index contributed by atoms with van der Waals surface area (Å²) in [5.41, 5.74) is 9.13. The monoisotopic (exact) mass is 325 g/mol. The van der Waals surface area contributed by atoms with Gasteiger partial charge in [0.25, 0.3) is 5.91 Å². The van der Waals surface area contributed by atoms with E-state index >= 15 is 0 Å². The van der Waals surface area contributed by atoms with Crippen molar-refractivity contribution in [3.05, 3.63) is 53.3 Å². The maximum absolute atomic E-state index is 12.9. The molecule has 1 saturated heterocycles. The number of amides is 2. The van der Waals surface area contributed by atoms with E-state index in [0.717, 1.165) is 22.6 Å². The van der Waals surface area contributed by atoms with Crippen LogP contribution in [0.4, 0.5) is 0 Å². The molecule has 2 N–H and O–H groups in total. The zero-order valence-corrected chi connectivity index (χ0v) is 14.2.